The van der Waals surface area contributed by atoms with Gasteiger partial charge in [-0.1, -0.05) is 29.8 Å². The molecule has 1 heterocycles. The SMILES string of the molecule is Cc1ccccc1SCC(=O)O[C@@H](C)C(=O)Nc1cccnc1Cl. The van der Waals surface area contributed by atoms with E-state index in [1.807, 2.05) is 31.2 Å². The predicted octanol–water partition coefficient (Wildman–Crippen LogP) is 3.71. The van der Waals surface area contributed by atoms with Crippen molar-refractivity contribution < 1.29 is 14.3 Å². The summed E-state index contributed by atoms with van der Waals surface area (Å²) in [5.74, 6) is -0.779. The first-order valence-electron chi connectivity index (χ1n) is 7.26. The van der Waals surface area contributed by atoms with Crippen molar-refractivity contribution in [1.29, 1.82) is 0 Å². The fourth-order valence-corrected chi connectivity index (χ4v) is 2.83. The van der Waals surface area contributed by atoms with E-state index in [0.717, 1.165) is 10.5 Å². The predicted molar refractivity (Wildman–Crippen MR) is 95.3 cm³/mol. The lowest BCUT2D eigenvalue weighted by Crippen LogP contribution is -2.30. The molecule has 1 amide bonds. The highest BCUT2D eigenvalue weighted by Crippen LogP contribution is 2.22. The van der Waals surface area contributed by atoms with Gasteiger partial charge in [-0.25, -0.2) is 4.98 Å². The number of carbonyl (C=O) groups excluding carboxylic acids is 2. The zero-order valence-corrected chi connectivity index (χ0v) is 14.9. The average Bonchev–Trinajstić information content (AvgIpc) is 2.56. The smallest absolute Gasteiger partial charge is 0.317 e. The first kappa shape index (κ1) is 18.3. The maximum atomic E-state index is 12.0. The molecule has 2 rings (SSSR count). The van der Waals surface area contributed by atoms with Crippen LogP contribution in [-0.4, -0.2) is 28.7 Å². The number of rotatable bonds is 6. The third kappa shape index (κ3) is 5.25. The van der Waals surface area contributed by atoms with Crippen molar-refractivity contribution in [3.63, 3.8) is 0 Å². The number of aryl methyl sites for hydroxylation is 1. The van der Waals surface area contributed by atoms with E-state index >= 15 is 0 Å². The average molecular weight is 365 g/mol. The van der Waals surface area contributed by atoms with E-state index in [9.17, 15) is 9.59 Å². The summed E-state index contributed by atoms with van der Waals surface area (Å²) in [5.41, 5.74) is 1.47. The third-order valence-corrected chi connectivity index (χ3v) is 4.58. The van der Waals surface area contributed by atoms with Gasteiger partial charge in [0, 0.05) is 11.1 Å². The number of hydrogen-bond donors (Lipinski definition) is 1. The molecule has 1 N–H and O–H groups in total. The molecule has 126 valence electrons. The van der Waals surface area contributed by atoms with Crippen LogP contribution in [0.5, 0.6) is 0 Å². The molecule has 1 aromatic heterocycles. The summed E-state index contributed by atoms with van der Waals surface area (Å²) in [5, 5.41) is 2.76. The fourth-order valence-electron chi connectivity index (χ4n) is 1.85. The minimum Gasteiger partial charge on any atom is -0.452 e. The van der Waals surface area contributed by atoms with Gasteiger partial charge in [0.05, 0.1) is 11.4 Å². The van der Waals surface area contributed by atoms with Crippen LogP contribution in [0.15, 0.2) is 47.5 Å². The standard InChI is InChI=1S/C17H17ClN2O3S/c1-11-6-3-4-8-14(11)24-10-15(21)23-12(2)17(22)20-13-7-5-9-19-16(13)18/h3-9,12H,10H2,1-2H3,(H,20,22)/t12-/m0/s1. The molecule has 0 saturated heterocycles. The molecule has 0 unspecified atom stereocenters. The third-order valence-electron chi connectivity index (χ3n) is 3.13. The molecule has 1 atom stereocenters. The molecule has 7 heteroatoms. The molecule has 0 spiro atoms. The Morgan fingerprint density at radius 3 is 2.75 bits per heavy atom. The molecular formula is C17H17ClN2O3S. The molecule has 24 heavy (non-hydrogen) atoms. The molecule has 0 aliphatic rings. The van der Waals surface area contributed by atoms with Crippen LogP contribution in [0.4, 0.5) is 5.69 Å². The van der Waals surface area contributed by atoms with E-state index in [-0.39, 0.29) is 10.9 Å². The van der Waals surface area contributed by atoms with Crippen LogP contribution in [0, 0.1) is 6.92 Å². The van der Waals surface area contributed by atoms with Gasteiger partial charge in [0.2, 0.25) is 0 Å². The molecule has 5 nitrogen and oxygen atoms in total. The monoisotopic (exact) mass is 364 g/mol. The van der Waals surface area contributed by atoms with Crippen molar-refractivity contribution in [1.82, 2.24) is 4.98 Å². The second kappa shape index (κ2) is 8.70. The lowest BCUT2D eigenvalue weighted by atomic mass is 10.2. The summed E-state index contributed by atoms with van der Waals surface area (Å²) < 4.78 is 5.15. The van der Waals surface area contributed by atoms with Gasteiger partial charge in [-0.2, -0.15) is 0 Å². The number of amides is 1. The largest absolute Gasteiger partial charge is 0.452 e. The van der Waals surface area contributed by atoms with Crippen molar-refractivity contribution in [3.8, 4) is 0 Å². The Bertz CT molecular complexity index is 739. The normalized spacial score (nSPS) is 11.6. The summed E-state index contributed by atoms with van der Waals surface area (Å²) in [7, 11) is 0. The van der Waals surface area contributed by atoms with Gasteiger partial charge in [-0.3, -0.25) is 9.59 Å². The second-order valence-electron chi connectivity index (χ2n) is 5.02. The van der Waals surface area contributed by atoms with E-state index in [1.165, 1.54) is 24.9 Å². The van der Waals surface area contributed by atoms with Crippen molar-refractivity contribution in [2.24, 2.45) is 0 Å². The molecule has 0 saturated carbocycles. The molecule has 0 bridgehead atoms. The number of nitrogens with zero attached hydrogens (tertiary/aromatic N) is 1. The zero-order chi connectivity index (χ0) is 17.5. The van der Waals surface area contributed by atoms with Gasteiger partial charge >= 0.3 is 5.97 Å². The number of benzene rings is 1. The number of hydrogen-bond acceptors (Lipinski definition) is 5. The highest BCUT2D eigenvalue weighted by atomic mass is 35.5. The van der Waals surface area contributed by atoms with Crippen LogP contribution >= 0.6 is 23.4 Å². The topological polar surface area (TPSA) is 68.3 Å². The summed E-state index contributed by atoms with van der Waals surface area (Å²) in [4.78, 5) is 28.8. The van der Waals surface area contributed by atoms with E-state index in [2.05, 4.69) is 10.3 Å². The van der Waals surface area contributed by atoms with Crippen LogP contribution in [-0.2, 0) is 14.3 Å². The van der Waals surface area contributed by atoms with Gasteiger partial charge in [-0.05, 0) is 37.6 Å². The number of pyridine rings is 1. The molecule has 1 aromatic carbocycles. The van der Waals surface area contributed by atoms with Gasteiger partial charge in [0.25, 0.3) is 5.91 Å². The Kier molecular flexibility index (Phi) is 6.63. The minimum absolute atomic E-state index is 0.135. The van der Waals surface area contributed by atoms with E-state index in [1.54, 1.807) is 12.1 Å². The Morgan fingerprint density at radius 2 is 2.04 bits per heavy atom. The fraction of sp³-hybridized carbons (Fsp3) is 0.235. The lowest BCUT2D eigenvalue weighted by Gasteiger charge is -2.14. The number of halogens is 1. The Balaban J connectivity index is 1.84. The quantitative estimate of drug-likeness (QED) is 0.481. The molecule has 0 aliphatic heterocycles. The number of anilines is 1. The van der Waals surface area contributed by atoms with E-state index < -0.39 is 18.0 Å². The Labute approximate surface area is 149 Å². The van der Waals surface area contributed by atoms with Gasteiger partial charge < -0.3 is 10.1 Å². The van der Waals surface area contributed by atoms with Crippen molar-refractivity contribution >= 4 is 40.9 Å². The molecule has 0 radical (unpaired) electrons. The van der Waals surface area contributed by atoms with Crippen LogP contribution in [0.2, 0.25) is 5.15 Å². The first-order chi connectivity index (χ1) is 11.5. The second-order valence-corrected chi connectivity index (χ2v) is 6.39. The molecule has 0 aliphatic carbocycles. The van der Waals surface area contributed by atoms with Gasteiger partial charge in [0.15, 0.2) is 11.3 Å². The number of ether oxygens (including phenoxy) is 1. The molecular weight excluding hydrogens is 348 g/mol. The number of carbonyl (C=O) groups is 2. The number of esters is 1. The summed E-state index contributed by atoms with van der Waals surface area (Å²) >= 11 is 7.25. The molecule has 0 fully saturated rings. The highest BCUT2D eigenvalue weighted by molar-refractivity contribution is 8.00. The van der Waals surface area contributed by atoms with Crippen LogP contribution in [0.25, 0.3) is 0 Å². The van der Waals surface area contributed by atoms with E-state index in [0.29, 0.717) is 5.69 Å². The van der Waals surface area contributed by atoms with Crippen LogP contribution in [0.1, 0.15) is 12.5 Å². The minimum atomic E-state index is -0.925. The lowest BCUT2D eigenvalue weighted by molar-refractivity contribution is -0.150. The van der Waals surface area contributed by atoms with Crippen molar-refractivity contribution in [3.05, 3.63) is 53.3 Å². The number of aromatic nitrogens is 1. The Morgan fingerprint density at radius 1 is 1.29 bits per heavy atom. The van der Waals surface area contributed by atoms with Gasteiger partial charge in [-0.15, -0.1) is 11.8 Å². The van der Waals surface area contributed by atoms with Crippen LogP contribution in [0.3, 0.4) is 0 Å². The van der Waals surface area contributed by atoms with Crippen molar-refractivity contribution in [2.45, 2.75) is 24.8 Å². The van der Waals surface area contributed by atoms with Crippen molar-refractivity contribution in [2.75, 3.05) is 11.1 Å². The Hall–Kier alpha value is -2.05. The molecule has 2 aromatic rings. The number of thioether (sulfide) groups is 1. The zero-order valence-electron chi connectivity index (χ0n) is 13.3. The maximum Gasteiger partial charge on any atom is 0.317 e. The summed E-state index contributed by atoms with van der Waals surface area (Å²) in [6.07, 6.45) is 0.593. The van der Waals surface area contributed by atoms with Crippen LogP contribution < -0.4 is 5.32 Å². The summed E-state index contributed by atoms with van der Waals surface area (Å²) in [6, 6.07) is 11.0. The highest BCUT2D eigenvalue weighted by Gasteiger charge is 2.19. The number of nitrogens with one attached hydrogen (secondary N) is 1. The van der Waals surface area contributed by atoms with Gasteiger partial charge in [0.1, 0.15) is 0 Å². The first-order valence-corrected chi connectivity index (χ1v) is 8.63. The van der Waals surface area contributed by atoms with E-state index in [4.69, 9.17) is 16.3 Å². The maximum absolute atomic E-state index is 12.0. The summed E-state index contributed by atoms with van der Waals surface area (Å²) in [6.45, 7) is 3.48.